The molecule has 6 nitrogen and oxygen atoms in total. The van der Waals surface area contributed by atoms with Gasteiger partial charge in [0.2, 0.25) is 0 Å². The first kappa shape index (κ1) is 17.7. The number of benzene rings is 1. The second-order valence-corrected chi connectivity index (χ2v) is 6.32. The number of hydrogen-bond donors (Lipinski definition) is 1. The van der Waals surface area contributed by atoms with Gasteiger partial charge in [0, 0.05) is 11.3 Å². The SMILES string of the molecule is Cc1ccc(Cn2nc(C)c(/C=N\NC(=O)c3ccoc3C)c2C)cc1. The van der Waals surface area contributed by atoms with Gasteiger partial charge in [-0.3, -0.25) is 9.48 Å². The number of aryl methyl sites for hydroxylation is 3. The van der Waals surface area contributed by atoms with Gasteiger partial charge in [-0.25, -0.2) is 5.43 Å². The van der Waals surface area contributed by atoms with Crippen LogP contribution in [0.25, 0.3) is 0 Å². The molecule has 0 saturated carbocycles. The van der Waals surface area contributed by atoms with Gasteiger partial charge in [-0.15, -0.1) is 0 Å². The van der Waals surface area contributed by atoms with Gasteiger partial charge < -0.3 is 4.42 Å². The van der Waals surface area contributed by atoms with E-state index in [0.717, 1.165) is 17.0 Å². The standard InChI is InChI=1S/C20H22N4O2/c1-13-5-7-17(8-6-13)12-24-15(3)19(14(2)23-24)11-21-22-20(25)18-9-10-26-16(18)4/h5-11H,12H2,1-4H3,(H,22,25)/b21-11-. The number of nitrogens with zero attached hydrogens (tertiary/aromatic N) is 3. The Morgan fingerprint density at radius 2 is 1.92 bits per heavy atom. The summed E-state index contributed by atoms with van der Waals surface area (Å²) in [6.07, 6.45) is 3.12. The van der Waals surface area contributed by atoms with Crippen LogP contribution in [0.5, 0.6) is 0 Å². The number of carbonyl (C=O) groups excluding carboxylic acids is 1. The van der Waals surface area contributed by atoms with Gasteiger partial charge in [0.15, 0.2) is 0 Å². The maximum atomic E-state index is 12.1. The Morgan fingerprint density at radius 3 is 2.58 bits per heavy atom. The minimum atomic E-state index is -0.296. The van der Waals surface area contributed by atoms with Crippen molar-refractivity contribution in [3.63, 3.8) is 0 Å². The van der Waals surface area contributed by atoms with E-state index in [9.17, 15) is 4.79 Å². The second kappa shape index (κ2) is 7.39. The molecular formula is C20H22N4O2. The minimum absolute atomic E-state index is 0.296. The second-order valence-electron chi connectivity index (χ2n) is 6.32. The zero-order valence-corrected chi connectivity index (χ0v) is 15.4. The zero-order valence-electron chi connectivity index (χ0n) is 15.4. The van der Waals surface area contributed by atoms with Crippen molar-refractivity contribution in [3.05, 3.63) is 76.0 Å². The first-order valence-corrected chi connectivity index (χ1v) is 8.42. The van der Waals surface area contributed by atoms with Gasteiger partial charge in [0.1, 0.15) is 5.76 Å². The highest BCUT2D eigenvalue weighted by atomic mass is 16.3. The number of aromatic nitrogens is 2. The summed E-state index contributed by atoms with van der Waals surface area (Å²) >= 11 is 0. The van der Waals surface area contributed by atoms with Crippen LogP contribution in [0.4, 0.5) is 0 Å². The van der Waals surface area contributed by atoms with Crippen molar-refractivity contribution in [1.29, 1.82) is 0 Å². The van der Waals surface area contributed by atoms with Crippen LogP contribution in [0.15, 0.2) is 46.1 Å². The van der Waals surface area contributed by atoms with Crippen molar-refractivity contribution < 1.29 is 9.21 Å². The molecule has 0 spiro atoms. The number of amides is 1. The summed E-state index contributed by atoms with van der Waals surface area (Å²) in [5.41, 5.74) is 8.20. The van der Waals surface area contributed by atoms with Gasteiger partial charge in [0.25, 0.3) is 5.91 Å². The van der Waals surface area contributed by atoms with Crippen LogP contribution in [0.1, 0.15) is 44.2 Å². The third-order valence-corrected chi connectivity index (χ3v) is 4.35. The Bertz CT molecular complexity index is 949. The first-order chi connectivity index (χ1) is 12.5. The fourth-order valence-electron chi connectivity index (χ4n) is 2.75. The first-order valence-electron chi connectivity index (χ1n) is 8.42. The number of nitrogens with one attached hydrogen (secondary N) is 1. The van der Waals surface area contributed by atoms with Crippen LogP contribution >= 0.6 is 0 Å². The molecule has 6 heteroatoms. The molecule has 0 atom stereocenters. The fourth-order valence-corrected chi connectivity index (χ4v) is 2.75. The molecule has 0 aliphatic carbocycles. The maximum Gasteiger partial charge on any atom is 0.274 e. The van der Waals surface area contributed by atoms with Crippen molar-refractivity contribution in [3.8, 4) is 0 Å². The van der Waals surface area contributed by atoms with Gasteiger partial charge >= 0.3 is 0 Å². The molecule has 2 heterocycles. The molecule has 1 amide bonds. The molecule has 26 heavy (non-hydrogen) atoms. The van der Waals surface area contributed by atoms with Crippen LogP contribution in [0.2, 0.25) is 0 Å². The summed E-state index contributed by atoms with van der Waals surface area (Å²) in [6.45, 7) is 8.43. The molecule has 0 saturated heterocycles. The lowest BCUT2D eigenvalue weighted by Gasteiger charge is -2.05. The normalized spacial score (nSPS) is 11.2. The van der Waals surface area contributed by atoms with E-state index < -0.39 is 0 Å². The average molecular weight is 350 g/mol. The summed E-state index contributed by atoms with van der Waals surface area (Å²) < 4.78 is 7.08. The van der Waals surface area contributed by atoms with E-state index in [1.807, 2.05) is 18.5 Å². The third-order valence-electron chi connectivity index (χ3n) is 4.35. The average Bonchev–Trinajstić information content (AvgIpc) is 3.15. The van der Waals surface area contributed by atoms with Crippen LogP contribution in [0.3, 0.4) is 0 Å². The summed E-state index contributed by atoms with van der Waals surface area (Å²) in [6, 6.07) is 10.0. The Kier molecular flexibility index (Phi) is 5.02. The van der Waals surface area contributed by atoms with Crippen LogP contribution in [0, 0.1) is 27.7 Å². The lowest BCUT2D eigenvalue weighted by molar-refractivity contribution is 0.0953. The van der Waals surface area contributed by atoms with Crippen molar-refractivity contribution in [2.45, 2.75) is 34.2 Å². The number of carbonyl (C=O) groups is 1. The molecule has 1 aromatic carbocycles. The molecule has 0 radical (unpaired) electrons. The Balaban J connectivity index is 1.72. The maximum absolute atomic E-state index is 12.1. The molecule has 0 fully saturated rings. The van der Waals surface area contributed by atoms with Crippen molar-refractivity contribution in [1.82, 2.24) is 15.2 Å². The van der Waals surface area contributed by atoms with Crippen LogP contribution < -0.4 is 5.43 Å². The monoisotopic (exact) mass is 350 g/mol. The number of furan rings is 1. The van der Waals surface area contributed by atoms with E-state index in [4.69, 9.17) is 4.42 Å². The highest BCUT2D eigenvalue weighted by molar-refractivity contribution is 5.95. The molecular weight excluding hydrogens is 328 g/mol. The highest BCUT2D eigenvalue weighted by Gasteiger charge is 2.12. The summed E-state index contributed by atoms with van der Waals surface area (Å²) in [7, 11) is 0. The third kappa shape index (κ3) is 3.74. The molecule has 0 bridgehead atoms. The predicted octanol–water partition coefficient (Wildman–Crippen LogP) is 3.52. The van der Waals surface area contributed by atoms with E-state index in [0.29, 0.717) is 17.9 Å². The molecule has 2 aromatic heterocycles. The molecule has 0 unspecified atom stereocenters. The van der Waals surface area contributed by atoms with E-state index >= 15 is 0 Å². The fraction of sp³-hybridized carbons (Fsp3) is 0.250. The molecule has 134 valence electrons. The topological polar surface area (TPSA) is 72.4 Å². The van der Waals surface area contributed by atoms with Gasteiger partial charge in [-0.05, 0) is 39.3 Å². The van der Waals surface area contributed by atoms with Crippen LogP contribution in [-0.4, -0.2) is 21.9 Å². The zero-order chi connectivity index (χ0) is 18.7. The Labute approximate surface area is 152 Å². The van der Waals surface area contributed by atoms with E-state index in [2.05, 4.69) is 46.8 Å². The predicted molar refractivity (Wildman–Crippen MR) is 100 cm³/mol. The minimum Gasteiger partial charge on any atom is -0.469 e. The van der Waals surface area contributed by atoms with E-state index in [1.54, 1.807) is 19.2 Å². The Morgan fingerprint density at radius 1 is 1.19 bits per heavy atom. The number of hydrogen-bond acceptors (Lipinski definition) is 4. The van der Waals surface area contributed by atoms with Gasteiger partial charge in [0.05, 0.1) is 30.3 Å². The number of rotatable bonds is 5. The summed E-state index contributed by atoms with van der Waals surface area (Å²) in [5.74, 6) is 0.269. The molecule has 1 N–H and O–H groups in total. The molecule has 0 aliphatic heterocycles. The van der Waals surface area contributed by atoms with Gasteiger partial charge in [-0.1, -0.05) is 29.8 Å². The van der Waals surface area contributed by atoms with E-state index in [1.165, 1.54) is 17.4 Å². The molecule has 3 aromatic rings. The smallest absolute Gasteiger partial charge is 0.274 e. The quantitative estimate of drug-likeness (QED) is 0.565. The van der Waals surface area contributed by atoms with Crippen LogP contribution in [-0.2, 0) is 6.54 Å². The van der Waals surface area contributed by atoms with Crippen molar-refractivity contribution in [2.75, 3.05) is 0 Å². The van der Waals surface area contributed by atoms with Crippen molar-refractivity contribution in [2.24, 2.45) is 5.10 Å². The Hall–Kier alpha value is -3.15. The summed E-state index contributed by atoms with van der Waals surface area (Å²) in [5, 5.41) is 8.66. The van der Waals surface area contributed by atoms with E-state index in [-0.39, 0.29) is 5.91 Å². The van der Waals surface area contributed by atoms with Crippen molar-refractivity contribution >= 4 is 12.1 Å². The summed E-state index contributed by atoms with van der Waals surface area (Å²) in [4.78, 5) is 12.1. The largest absolute Gasteiger partial charge is 0.469 e. The van der Waals surface area contributed by atoms with Gasteiger partial charge in [-0.2, -0.15) is 10.2 Å². The molecule has 0 aliphatic rings. The molecule has 3 rings (SSSR count). The highest BCUT2D eigenvalue weighted by Crippen LogP contribution is 2.14. The number of hydrazone groups is 1. The lowest BCUT2D eigenvalue weighted by atomic mass is 10.1. The lowest BCUT2D eigenvalue weighted by Crippen LogP contribution is -2.17.